The van der Waals surface area contributed by atoms with Crippen LogP contribution >= 0.6 is 23.2 Å². The molecule has 1 aromatic carbocycles. The van der Waals surface area contributed by atoms with E-state index < -0.39 is 5.69 Å². The van der Waals surface area contributed by atoms with E-state index in [2.05, 4.69) is 21.4 Å². The number of aryl methyl sites for hydroxylation is 1. The van der Waals surface area contributed by atoms with E-state index in [0.717, 1.165) is 16.8 Å². The van der Waals surface area contributed by atoms with Gasteiger partial charge >= 0.3 is 5.69 Å². The fourth-order valence-corrected chi connectivity index (χ4v) is 5.95. The molecule has 1 saturated heterocycles. The monoisotopic (exact) mass is 590 g/mol. The highest BCUT2D eigenvalue weighted by atomic mass is 35.5. The van der Waals surface area contributed by atoms with Crippen molar-refractivity contribution in [2.75, 3.05) is 18.0 Å². The van der Waals surface area contributed by atoms with E-state index in [1.165, 1.54) is 6.08 Å². The normalized spacial score (nSPS) is 17.4. The molecular weight excluding hydrogens is 559 g/mol. The van der Waals surface area contributed by atoms with Crippen LogP contribution in [0.15, 0.2) is 60.0 Å². The summed E-state index contributed by atoms with van der Waals surface area (Å²) < 4.78 is 1.55. The van der Waals surface area contributed by atoms with Gasteiger partial charge in [-0.1, -0.05) is 55.8 Å². The summed E-state index contributed by atoms with van der Waals surface area (Å²) in [6, 6.07) is 10.7. The Balaban J connectivity index is 1.82. The molecule has 8 nitrogen and oxygen atoms in total. The molecule has 4 heterocycles. The molecule has 212 valence electrons. The Hall–Kier alpha value is -3.75. The average Bonchev–Trinajstić information content (AvgIpc) is 2.93. The molecule has 0 N–H and O–H groups in total. The molecule has 1 aliphatic heterocycles. The molecular formula is C31H32Cl2N6O2. The number of amides is 1. The van der Waals surface area contributed by atoms with Crippen LogP contribution in [0.1, 0.15) is 44.9 Å². The minimum absolute atomic E-state index is 0.0440. The lowest BCUT2D eigenvalue weighted by Gasteiger charge is -2.44. The molecule has 0 bridgehead atoms. The summed E-state index contributed by atoms with van der Waals surface area (Å²) in [5, 5.41) is 1.58. The molecule has 5 rings (SSSR count). The van der Waals surface area contributed by atoms with E-state index >= 15 is 0 Å². The van der Waals surface area contributed by atoms with Gasteiger partial charge in [0.25, 0.3) is 0 Å². The Kier molecular flexibility index (Phi) is 7.90. The first-order valence-corrected chi connectivity index (χ1v) is 14.3. The number of nitrogens with zero attached hydrogens (tertiary/aromatic N) is 6. The Morgan fingerprint density at radius 3 is 2.54 bits per heavy atom. The van der Waals surface area contributed by atoms with Gasteiger partial charge in [-0.15, -0.1) is 0 Å². The third-order valence-corrected chi connectivity index (χ3v) is 8.06. The zero-order valence-electron chi connectivity index (χ0n) is 23.7. The van der Waals surface area contributed by atoms with Gasteiger partial charge in [0.2, 0.25) is 5.91 Å². The number of carbonyl (C=O) groups excluding carboxylic acids is 1. The van der Waals surface area contributed by atoms with Crippen LogP contribution in [0.3, 0.4) is 0 Å². The van der Waals surface area contributed by atoms with Crippen molar-refractivity contribution in [3.8, 4) is 16.9 Å². The highest BCUT2D eigenvalue weighted by Crippen LogP contribution is 2.36. The van der Waals surface area contributed by atoms with Gasteiger partial charge < -0.3 is 9.80 Å². The lowest BCUT2D eigenvalue weighted by atomic mass is 10.0. The van der Waals surface area contributed by atoms with Gasteiger partial charge in [0.1, 0.15) is 5.82 Å². The second-order valence-electron chi connectivity index (χ2n) is 10.8. The molecule has 1 amide bonds. The topological polar surface area (TPSA) is 84.2 Å². The molecule has 0 saturated carbocycles. The zero-order chi connectivity index (χ0) is 29.6. The van der Waals surface area contributed by atoms with Crippen LogP contribution < -0.4 is 10.6 Å². The number of halogens is 2. The average molecular weight is 592 g/mol. The minimum Gasteiger partial charge on any atom is -0.349 e. The number of benzene rings is 1. The quantitative estimate of drug-likeness (QED) is 0.257. The first-order valence-electron chi connectivity index (χ1n) is 13.6. The SMILES string of the molecule is C=CC(=O)N1CC(C)N(c2nc(=O)n(-c3c(C)ccnc3C(C)C)c3nc(-c4cccc(Cl)c4)c(Cl)cc23)CC1C. The highest BCUT2D eigenvalue weighted by Gasteiger charge is 2.34. The van der Waals surface area contributed by atoms with Crippen LogP contribution in [-0.4, -0.2) is 55.5 Å². The summed E-state index contributed by atoms with van der Waals surface area (Å²) in [5.74, 6) is 0.398. The maximum absolute atomic E-state index is 14.0. The summed E-state index contributed by atoms with van der Waals surface area (Å²) in [6.45, 7) is 14.6. The van der Waals surface area contributed by atoms with Gasteiger partial charge in [-0.05, 0) is 62.6 Å². The van der Waals surface area contributed by atoms with Crippen LogP contribution in [0.4, 0.5) is 5.82 Å². The lowest BCUT2D eigenvalue weighted by molar-refractivity contribution is -0.128. The summed E-state index contributed by atoms with van der Waals surface area (Å²) in [6.07, 6.45) is 3.08. The van der Waals surface area contributed by atoms with E-state index in [1.807, 2.05) is 58.9 Å². The molecule has 3 aromatic heterocycles. The molecule has 0 spiro atoms. The zero-order valence-corrected chi connectivity index (χ0v) is 25.2. The number of rotatable bonds is 5. The number of hydrogen-bond donors (Lipinski definition) is 0. The third kappa shape index (κ3) is 5.22. The Morgan fingerprint density at radius 1 is 1.10 bits per heavy atom. The lowest BCUT2D eigenvalue weighted by Crippen LogP contribution is -2.58. The number of pyridine rings is 2. The van der Waals surface area contributed by atoms with Crippen molar-refractivity contribution in [3.05, 3.63) is 87.0 Å². The Bertz CT molecular complexity index is 1730. The van der Waals surface area contributed by atoms with Gasteiger partial charge in [0.15, 0.2) is 5.65 Å². The maximum Gasteiger partial charge on any atom is 0.355 e. The first kappa shape index (κ1) is 28.8. The number of aromatic nitrogens is 4. The molecule has 0 radical (unpaired) electrons. The van der Waals surface area contributed by atoms with Crippen LogP contribution in [-0.2, 0) is 4.79 Å². The van der Waals surface area contributed by atoms with Crippen molar-refractivity contribution >= 4 is 46.0 Å². The van der Waals surface area contributed by atoms with Gasteiger partial charge in [-0.3, -0.25) is 9.78 Å². The predicted octanol–water partition coefficient (Wildman–Crippen LogP) is 6.19. The standard InChI is InChI=1S/C31H32Cl2N6O2/c1-7-25(40)37-15-20(6)38(16-19(37)5)29-23-14-24(33)27(21-9-8-10-22(32)13-21)35-30(23)39(31(41)36-29)28-18(4)11-12-34-26(28)17(2)3/h7-14,17,19-20H,1,15-16H2,2-6H3. The molecule has 10 heteroatoms. The molecule has 0 aliphatic carbocycles. The maximum atomic E-state index is 14.0. The summed E-state index contributed by atoms with van der Waals surface area (Å²) in [5.41, 5.74) is 3.48. The van der Waals surface area contributed by atoms with E-state index in [1.54, 1.807) is 27.8 Å². The van der Waals surface area contributed by atoms with E-state index in [4.69, 9.17) is 28.2 Å². The van der Waals surface area contributed by atoms with E-state index in [9.17, 15) is 9.59 Å². The van der Waals surface area contributed by atoms with Gasteiger partial charge in [0.05, 0.1) is 27.5 Å². The van der Waals surface area contributed by atoms with Crippen molar-refractivity contribution < 1.29 is 4.79 Å². The highest BCUT2D eigenvalue weighted by molar-refractivity contribution is 6.34. The predicted molar refractivity (Wildman–Crippen MR) is 165 cm³/mol. The van der Waals surface area contributed by atoms with Crippen LogP contribution in [0.2, 0.25) is 10.0 Å². The largest absolute Gasteiger partial charge is 0.355 e. The summed E-state index contributed by atoms with van der Waals surface area (Å²) >= 11 is 13.2. The number of carbonyl (C=O) groups is 1. The van der Waals surface area contributed by atoms with E-state index in [0.29, 0.717) is 51.4 Å². The van der Waals surface area contributed by atoms with E-state index in [-0.39, 0.29) is 23.9 Å². The molecule has 1 aliphatic rings. The van der Waals surface area contributed by atoms with Crippen LogP contribution in [0.25, 0.3) is 28.0 Å². The van der Waals surface area contributed by atoms with Gasteiger partial charge in [-0.2, -0.15) is 4.98 Å². The summed E-state index contributed by atoms with van der Waals surface area (Å²) in [7, 11) is 0. The van der Waals surface area contributed by atoms with Crippen LogP contribution in [0.5, 0.6) is 0 Å². The number of piperazine rings is 1. The van der Waals surface area contributed by atoms with Gasteiger partial charge in [-0.25, -0.2) is 14.3 Å². The molecule has 2 unspecified atom stereocenters. The molecule has 41 heavy (non-hydrogen) atoms. The summed E-state index contributed by atoms with van der Waals surface area (Å²) in [4.78, 5) is 44.6. The smallest absolute Gasteiger partial charge is 0.349 e. The molecule has 4 aromatic rings. The number of anilines is 1. The van der Waals surface area contributed by atoms with Crippen molar-refractivity contribution in [1.82, 2.24) is 24.4 Å². The second kappa shape index (κ2) is 11.3. The van der Waals surface area contributed by atoms with Crippen molar-refractivity contribution in [1.29, 1.82) is 0 Å². The fourth-order valence-electron chi connectivity index (χ4n) is 5.50. The van der Waals surface area contributed by atoms with Crippen molar-refractivity contribution in [2.24, 2.45) is 0 Å². The first-order chi connectivity index (χ1) is 19.5. The van der Waals surface area contributed by atoms with Crippen LogP contribution in [0, 0.1) is 6.92 Å². The van der Waals surface area contributed by atoms with Crippen molar-refractivity contribution in [2.45, 2.75) is 52.6 Å². The fraction of sp³-hybridized carbons (Fsp3) is 0.323. The van der Waals surface area contributed by atoms with Crippen molar-refractivity contribution in [3.63, 3.8) is 0 Å². The number of hydrogen-bond acceptors (Lipinski definition) is 6. The number of fused-ring (bicyclic) bond motifs is 1. The Labute approximate surface area is 249 Å². The Morgan fingerprint density at radius 2 is 1.85 bits per heavy atom. The molecule has 2 atom stereocenters. The van der Waals surface area contributed by atoms with Gasteiger partial charge in [0, 0.05) is 42.0 Å². The molecule has 1 fully saturated rings. The minimum atomic E-state index is -0.471. The second-order valence-corrected chi connectivity index (χ2v) is 11.7. The third-order valence-electron chi connectivity index (χ3n) is 7.54.